The highest BCUT2D eigenvalue weighted by atomic mass is 16.6. The number of rotatable bonds is 8. The monoisotopic (exact) mass is 434 g/mol. The lowest BCUT2D eigenvalue weighted by atomic mass is 10.00. The minimum atomic E-state index is -1.30. The first-order valence-corrected chi connectivity index (χ1v) is 9.14. The van der Waals surface area contributed by atoms with E-state index in [-0.39, 0.29) is 24.3 Å². The summed E-state index contributed by atoms with van der Waals surface area (Å²) in [6, 6.07) is 3.76. The number of ketones is 2. The molecule has 0 saturated carbocycles. The quantitative estimate of drug-likeness (QED) is 0.193. The molecule has 0 aromatic heterocycles. The summed E-state index contributed by atoms with van der Waals surface area (Å²) >= 11 is 0. The van der Waals surface area contributed by atoms with Crippen LogP contribution in [0.3, 0.4) is 0 Å². The molecule has 2 saturated heterocycles. The number of phenols is 6. The zero-order chi connectivity index (χ0) is 22.4. The first-order valence-electron chi connectivity index (χ1n) is 9.14. The molecule has 0 amide bonds. The minimum Gasteiger partial charge on any atom is -0.504 e. The number of phenolic OH excluding ortho intramolecular Hbond substituents is 6. The normalized spacial score (nSPS) is 21.3. The van der Waals surface area contributed by atoms with Gasteiger partial charge < -0.3 is 44.8 Å². The van der Waals surface area contributed by atoms with Crippen LogP contribution >= 0.6 is 0 Å². The van der Waals surface area contributed by atoms with E-state index >= 15 is 0 Å². The summed E-state index contributed by atoms with van der Waals surface area (Å²) < 4.78 is 16.1. The van der Waals surface area contributed by atoms with Crippen molar-refractivity contribution in [1.29, 1.82) is 0 Å². The first-order chi connectivity index (χ1) is 14.7. The van der Waals surface area contributed by atoms with Gasteiger partial charge in [0.1, 0.15) is 24.4 Å². The maximum Gasteiger partial charge on any atom is 0.200 e. The summed E-state index contributed by atoms with van der Waals surface area (Å²) in [5.74, 6) is -5.88. The fraction of sp³-hybridized carbons (Fsp3) is 0.300. The second kappa shape index (κ2) is 7.61. The number of carbonyl (C=O) groups excluding carboxylic acids is 2. The molecule has 11 heteroatoms. The number of hydrogen-bond acceptors (Lipinski definition) is 11. The lowest BCUT2D eigenvalue weighted by Gasteiger charge is -2.22. The molecule has 0 aliphatic carbocycles. The highest BCUT2D eigenvalue weighted by molar-refractivity contribution is 6.03. The van der Waals surface area contributed by atoms with Crippen LogP contribution < -0.4 is 0 Å². The third-order valence-corrected chi connectivity index (χ3v) is 4.91. The van der Waals surface area contributed by atoms with Crippen molar-refractivity contribution >= 4 is 11.6 Å². The Bertz CT molecular complexity index is 926. The molecule has 2 heterocycles. The Morgan fingerprint density at radius 3 is 1.26 bits per heavy atom. The fourth-order valence-electron chi connectivity index (χ4n) is 3.08. The Hall–Kier alpha value is -3.54. The molecule has 6 N–H and O–H groups in total. The molecule has 4 atom stereocenters. The van der Waals surface area contributed by atoms with Crippen molar-refractivity contribution in [3.8, 4) is 34.5 Å². The van der Waals surface area contributed by atoms with Crippen LogP contribution in [-0.2, 0) is 14.2 Å². The molecule has 164 valence electrons. The number of benzene rings is 2. The van der Waals surface area contributed by atoms with Crippen LogP contribution in [0.4, 0.5) is 0 Å². The lowest BCUT2D eigenvalue weighted by molar-refractivity contribution is -0.0152. The molecule has 2 aliphatic rings. The van der Waals surface area contributed by atoms with Crippen LogP contribution in [-0.4, -0.2) is 79.8 Å². The van der Waals surface area contributed by atoms with E-state index in [2.05, 4.69) is 0 Å². The molecule has 2 aliphatic heterocycles. The smallest absolute Gasteiger partial charge is 0.200 e. The summed E-state index contributed by atoms with van der Waals surface area (Å²) in [6.45, 7) is 0.333. The molecule has 0 radical (unpaired) electrons. The first kappa shape index (κ1) is 20.7. The molecule has 2 fully saturated rings. The predicted octanol–water partition coefficient (Wildman–Crippen LogP) is 0.537. The van der Waals surface area contributed by atoms with E-state index in [1.54, 1.807) is 0 Å². The standard InChI is InChI=1S/C20H18O11/c21-9-1-7(2-10(22)17(9)27)15(25)19(13-5-29-13)31-20(14-6-30-14)16(26)8-3-11(23)18(28)12(24)4-8/h1-4,13-14,19-24,27-28H,5-6H2. The molecule has 4 unspecified atom stereocenters. The average molecular weight is 434 g/mol. The van der Waals surface area contributed by atoms with Crippen molar-refractivity contribution in [2.75, 3.05) is 13.2 Å². The molecule has 2 aromatic rings. The summed E-state index contributed by atoms with van der Waals surface area (Å²) in [6.07, 6.45) is -4.00. The largest absolute Gasteiger partial charge is 0.504 e. The Balaban J connectivity index is 1.62. The van der Waals surface area contributed by atoms with Gasteiger partial charge in [0, 0.05) is 11.1 Å². The average Bonchev–Trinajstić information content (AvgIpc) is 3.62. The summed E-state index contributed by atoms with van der Waals surface area (Å²) in [5, 5.41) is 57.7. The van der Waals surface area contributed by atoms with Crippen molar-refractivity contribution in [3.63, 3.8) is 0 Å². The summed E-state index contributed by atoms with van der Waals surface area (Å²) in [5.41, 5.74) is -0.368. The van der Waals surface area contributed by atoms with E-state index in [4.69, 9.17) is 14.2 Å². The van der Waals surface area contributed by atoms with Crippen molar-refractivity contribution in [3.05, 3.63) is 35.4 Å². The van der Waals surface area contributed by atoms with Gasteiger partial charge in [-0.15, -0.1) is 0 Å². The number of Topliss-reactive ketones (excluding diaryl/α,β-unsaturated/α-hetero) is 2. The summed E-state index contributed by atoms with van der Waals surface area (Å²) in [7, 11) is 0. The van der Waals surface area contributed by atoms with Crippen LogP contribution in [0.25, 0.3) is 0 Å². The van der Waals surface area contributed by atoms with Crippen LogP contribution in [0.5, 0.6) is 34.5 Å². The molecular weight excluding hydrogens is 416 g/mol. The second-order valence-corrected chi connectivity index (χ2v) is 7.18. The van der Waals surface area contributed by atoms with Gasteiger partial charge in [-0.25, -0.2) is 0 Å². The zero-order valence-corrected chi connectivity index (χ0v) is 15.8. The highest BCUT2D eigenvalue weighted by Gasteiger charge is 2.47. The van der Waals surface area contributed by atoms with Crippen LogP contribution in [0.2, 0.25) is 0 Å². The van der Waals surface area contributed by atoms with E-state index in [9.17, 15) is 40.2 Å². The van der Waals surface area contributed by atoms with Gasteiger partial charge >= 0.3 is 0 Å². The Morgan fingerprint density at radius 1 is 0.710 bits per heavy atom. The van der Waals surface area contributed by atoms with Gasteiger partial charge in [0.2, 0.25) is 0 Å². The molecule has 2 aromatic carbocycles. The van der Waals surface area contributed by atoms with E-state index in [0.29, 0.717) is 0 Å². The van der Waals surface area contributed by atoms with Gasteiger partial charge in [0.15, 0.2) is 46.1 Å². The Morgan fingerprint density at radius 2 is 1.00 bits per heavy atom. The van der Waals surface area contributed by atoms with Crippen molar-refractivity contribution < 1.29 is 54.4 Å². The number of ether oxygens (including phenoxy) is 3. The fourth-order valence-corrected chi connectivity index (χ4v) is 3.08. The third kappa shape index (κ3) is 4.06. The maximum atomic E-state index is 13.0. The van der Waals surface area contributed by atoms with Crippen LogP contribution in [0.1, 0.15) is 20.7 Å². The molecule has 11 nitrogen and oxygen atoms in total. The second-order valence-electron chi connectivity index (χ2n) is 7.18. The van der Waals surface area contributed by atoms with E-state index < -0.39 is 70.5 Å². The van der Waals surface area contributed by atoms with Gasteiger partial charge in [0.05, 0.1) is 13.2 Å². The van der Waals surface area contributed by atoms with E-state index in [1.165, 1.54) is 0 Å². The van der Waals surface area contributed by atoms with E-state index in [0.717, 1.165) is 24.3 Å². The maximum absolute atomic E-state index is 13.0. The van der Waals surface area contributed by atoms with Gasteiger partial charge in [0.25, 0.3) is 0 Å². The molecule has 0 spiro atoms. The zero-order valence-electron chi connectivity index (χ0n) is 15.8. The number of aromatic hydroxyl groups is 6. The van der Waals surface area contributed by atoms with Gasteiger partial charge in [-0.2, -0.15) is 0 Å². The Kier molecular flexibility index (Phi) is 5.09. The topological polar surface area (TPSA) is 190 Å². The molecular formula is C20H18O11. The van der Waals surface area contributed by atoms with E-state index in [1.807, 2.05) is 0 Å². The van der Waals surface area contributed by atoms with Crippen molar-refractivity contribution in [2.24, 2.45) is 0 Å². The number of epoxide rings is 2. The molecule has 0 bridgehead atoms. The van der Waals surface area contributed by atoms with Crippen LogP contribution in [0.15, 0.2) is 24.3 Å². The van der Waals surface area contributed by atoms with Crippen LogP contribution in [0, 0.1) is 0 Å². The van der Waals surface area contributed by atoms with Crippen molar-refractivity contribution in [2.45, 2.75) is 24.4 Å². The Labute approximate surface area is 174 Å². The summed E-state index contributed by atoms with van der Waals surface area (Å²) in [4.78, 5) is 25.9. The number of hydrogen-bond donors (Lipinski definition) is 6. The third-order valence-electron chi connectivity index (χ3n) is 4.91. The lowest BCUT2D eigenvalue weighted by Crippen LogP contribution is -2.40. The molecule has 4 rings (SSSR count). The predicted molar refractivity (Wildman–Crippen MR) is 99.7 cm³/mol. The highest BCUT2D eigenvalue weighted by Crippen LogP contribution is 2.38. The SMILES string of the molecule is O=C(c1cc(O)c(O)c(O)c1)C(OC(C(=O)c1cc(O)c(O)c(O)c1)C1CO1)C1CO1. The molecule has 31 heavy (non-hydrogen) atoms. The van der Waals surface area contributed by atoms with Gasteiger partial charge in [-0.05, 0) is 24.3 Å². The van der Waals surface area contributed by atoms with Crippen molar-refractivity contribution in [1.82, 2.24) is 0 Å². The van der Waals surface area contributed by atoms with Gasteiger partial charge in [-0.3, -0.25) is 9.59 Å². The number of carbonyl (C=O) groups is 2. The minimum absolute atomic E-state index is 0.166. The van der Waals surface area contributed by atoms with Gasteiger partial charge in [-0.1, -0.05) is 0 Å².